The monoisotopic (exact) mass is 292 g/mol. The quantitative estimate of drug-likeness (QED) is 0.405. The molecule has 1 unspecified atom stereocenters. The number of hydrogen-bond acceptors (Lipinski definition) is 6. The second kappa shape index (κ2) is 10.1. The molecule has 0 radical (unpaired) electrons. The number of nitrogens with one attached hydrogen (secondary N) is 1. The van der Waals surface area contributed by atoms with Gasteiger partial charge in [-0.1, -0.05) is 6.92 Å². The molecule has 0 aliphatic rings. The highest BCUT2D eigenvalue weighted by Gasteiger charge is 2.26. The van der Waals surface area contributed by atoms with Crippen molar-refractivity contribution in [1.82, 2.24) is 5.32 Å². The summed E-state index contributed by atoms with van der Waals surface area (Å²) in [5.74, 6) is 0.581. The Morgan fingerprint density at radius 3 is 2.58 bits per heavy atom. The van der Waals surface area contributed by atoms with Gasteiger partial charge >= 0.3 is 5.97 Å². The van der Waals surface area contributed by atoms with Gasteiger partial charge in [0.2, 0.25) is 0 Å². The van der Waals surface area contributed by atoms with E-state index in [1.165, 1.54) is 6.92 Å². The summed E-state index contributed by atoms with van der Waals surface area (Å²) in [7, 11) is 0. The molecular weight excluding hydrogens is 268 g/mol. The topological polar surface area (TPSA) is 102 Å². The molecular formula is C12H24N2O4S. The first-order valence-electron chi connectivity index (χ1n) is 6.42. The van der Waals surface area contributed by atoms with Crippen molar-refractivity contribution in [3.05, 3.63) is 0 Å². The molecule has 4 N–H and O–H groups in total. The standard InChI is InChI=1S/C12H24N2O4S/c1-4-18-12(17)8(3)14-11(16)10(15)9(13)6-7-19-5-2/h8-10,15H,4-7,13H2,1-3H3,(H,14,16)/t8-,9-,10?/m1/s1. The summed E-state index contributed by atoms with van der Waals surface area (Å²) < 4.78 is 4.75. The highest BCUT2D eigenvalue weighted by molar-refractivity contribution is 7.99. The largest absolute Gasteiger partial charge is 0.464 e. The van der Waals surface area contributed by atoms with Crippen LogP contribution < -0.4 is 11.1 Å². The zero-order chi connectivity index (χ0) is 14.8. The van der Waals surface area contributed by atoms with Gasteiger partial charge in [0.25, 0.3) is 5.91 Å². The van der Waals surface area contributed by atoms with E-state index in [9.17, 15) is 14.7 Å². The Morgan fingerprint density at radius 2 is 2.05 bits per heavy atom. The van der Waals surface area contributed by atoms with Crippen molar-refractivity contribution in [1.29, 1.82) is 0 Å². The zero-order valence-corrected chi connectivity index (χ0v) is 12.5. The van der Waals surface area contributed by atoms with Crippen LogP contribution in [-0.2, 0) is 14.3 Å². The molecule has 0 bridgehead atoms. The normalized spacial score (nSPS) is 15.4. The molecule has 0 saturated heterocycles. The van der Waals surface area contributed by atoms with E-state index in [1.807, 2.05) is 6.92 Å². The predicted octanol–water partition coefficient (Wildman–Crippen LogP) is -0.114. The first kappa shape index (κ1) is 18.2. The molecule has 0 saturated carbocycles. The van der Waals surface area contributed by atoms with E-state index >= 15 is 0 Å². The van der Waals surface area contributed by atoms with Gasteiger partial charge in [-0.2, -0.15) is 11.8 Å². The van der Waals surface area contributed by atoms with Crippen LogP contribution in [0.2, 0.25) is 0 Å². The van der Waals surface area contributed by atoms with Crippen LogP contribution in [0.25, 0.3) is 0 Å². The summed E-state index contributed by atoms with van der Waals surface area (Å²) in [4.78, 5) is 23.0. The van der Waals surface area contributed by atoms with Gasteiger partial charge in [0.1, 0.15) is 12.1 Å². The molecule has 0 aliphatic carbocycles. The average molecular weight is 292 g/mol. The Hall–Kier alpha value is -0.790. The van der Waals surface area contributed by atoms with Gasteiger partial charge in [0.05, 0.1) is 6.61 Å². The van der Waals surface area contributed by atoms with Crippen molar-refractivity contribution in [2.75, 3.05) is 18.1 Å². The van der Waals surface area contributed by atoms with Crippen LogP contribution in [0.3, 0.4) is 0 Å². The van der Waals surface area contributed by atoms with Gasteiger partial charge in [-0.05, 0) is 31.8 Å². The Labute approximate surface area is 118 Å². The van der Waals surface area contributed by atoms with Crippen LogP contribution >= 0.6 is 11.8 Å². The number of carbonyl (C=O) groups excluding carboxylic acids is 2. The summed E-state index contributed by atoms with van der Waals surface area (Å²) in [6, 6.07) is -1.42. The van der Waals surface area contributed by atoms with Crippen molar-refractivity contribution in [2.45, 2.75) is 45.4 Å². The Morgan fingerprint density at radius 1 is 1.42 bits per heavy atom. The van der Waals surface area contributed by atoms with E-state index in [2.05, 4.69) is 5.32 Å². The third-order valence-corrected chi connectivity index (χ3v) is 3.41. The highest BCUT2D eigenvalue weighted by atomic mass is 32.2. The maximum absolute atomic E-state index is 11.7. The lowest BCUT2D eigenvalue weighted by atomic mass is 10.1. The maximum atomic E-state index is 11.7. The molecule has 0 aromatic carbocycles. The van der Waals surface area contributed by atoms with Gasteiger partial charge in [-0.25, -0.2) is 4.79 Å². The molecule has 0 spiro atoms. The molecule has 3 atom stereocenters. The fourth-order valence-corrected chi connectivity index (χ4v) is 2.07. The summed E-state index contributed by atoms with van der Waals surface area (Å²) in [5.41, 5.74) is 5.73. The molecule has 19 heavy (non-hydrogen) atoms. The summed E-state index contributed by atoms with van der Waals surface area (Å²) in [5, 5.41) is 12.1. The van der Waals surface area contributed by atoms with Crippen LogP contribution in [0, 0.1) is 0 Å². The lowest BCUT2D eigenvalue weighted by Crippen LogP contribution is -2.50. The Kier molecular flexibility index (Phi) is 9.63. The lowest BCUT2D eigenvalue weighted by Gasteiger charge is -2.20. The summed E-state index contributed by atoms with van der Waals surface area (Å²) in [6.45, 7) is 5.46. The highest BCUT2D eigenvalue weighted by Crippen LogP contribution is 2.06. The van der Waals surface area contributed by atoms with Crippen LogP contribution in [0.4, 0.5) is 0 Å². The second-order valence-corrected chi connectivity index (χ2v) is 5.47. The number of amides is 1. The smallest absolute Gasteiger partial charge is 0.328 e. The van der Waals surface area contributed by atoms with Crippen LogP contribution in [0.5, 0.6) is 0 Å². The van der Waals surface area contributed by atoms with E-state index in [1.54, 1.807) is 18.7 Å². The maximum Gasteiger partial charge on any atom is 0.328 e. The minimum absolute atomic E-state index is 0.245. The molecule has 6 nitrogen and oxygen atoms in total. The van der Waals surface area contributed by atoms with Gasteiger partial charge in [-0.3, -0.25) is 4.79 Å². The van der Waals surface area contributed by atoms with Crippen molar-refractivity contribution in [2.24, 2.45) is 5.73 Å². The van der Waals surface area contributed by atoms with Crippen molar-refractivity contribution in [3.8, 4) is 0 Å². The van der Waals surface area contributed by atoms with E-state index in [0.29, 0.717) is 6.42 Å². The van der Waals surface area contributed by atoms with Crippen LogP contribution in [0.1, 0.15) is 27.2 Å². The summed E-state index contributed by atoms with van der Waals surface area (Å²) in [6.07, 6.45) is -0.768. The molecule has 0 rings (SSSR count). The first-order chi connectivity index (χ1) is 8.93. The molecule has 0 heterocycles. The Balaban J connectivity index is 4.14. The van der Waals surface area contributed by atoms with E-state index in [4.69, 9.17) is 10.5 Å². The number of rotatable bonds is 9. The van der Waals surface area contributed by atoms with Gasteiger partial charge in [0, 0.05) is 6.04 Å². The predicted molar refractivity (Wildman–Crippen MR) is 75.8 cm³/mol. The van der Waals surface area contributed by atoms with Crippen LogP contribution in [-0.4, -0.2) is 53.3 Å². The Bertz CT molecular complexity index is 289. The number of esters is 1. The number of hydrogen-bond donors (Lipinski definition) is 3. The number of aliphatic hydroxyl groups is 1. The SMILES string of the molecule is CCOC(=O)[C@@H](C)NC(=O)C(O)[C@H](N)CCSCC. The van der Waals surface area contributed by atoms with Gasteiger partial charge in [-0.15, -0.1) is 0 Å². The van der Waals surface area contributed by atoms with E-state index < -0.39 is 30.1 Å². The number of nitrogens with two attached hydrogens (primary N) is 1. The first-order valence-corrected chi connectivity index (χ1v) is 7.57. The zero-order valence-electron chi connectivity index (χ0n) is 11.7. The number of aliphatic hydroxyl groups excluding tert-OH is 1. The number of carbonyl (C=O) groups is 2. The molecule has 0 aliphatic heterocycles. The van der Waals surface area contributed by atoms with Crippen molar-refractivity contribution in [3.63, 3.8) is 0 Å². The van der Waals surface area contributed by atoms with E-state index in [-0.39, 0.29) is 6.61 Å². The molecule has 0 aromatic heterocycles. The molecule has 0 fully saturated rings. The van der Waals surface area contributed by atoms with Crippen molar-refractivity contribution < 1.29 is 19.4 Å². The van der Waals surface area contributed by atoms with Gasteiger partial charge in [0.15, 0.2) is 0 Å². The minimum atomic E-state index is -1.31. The fraction of sp³-hybridized carbons (Fsp3) is 0.833. The van der Waals surface area contributed by atoms with Crippen LogP contribution in [0.15, 0.2) is 0 Å². The number of thioether (sulfide) groups is 1. The molecule has 7 heteroatoms. The van der Waals surface area contributed by atoms with E-state index in [0.717, 1.165) is 11.5 Å². The third-order valence-electron chi connectivity index (χ3n) is 2.47. The molecule has 1 amide bonds. The average Bonchev–Trinajstić information content (AvgIpc) is 2.38. The van der Waals surface area contributed by atoms with Gasteiger partial charge < -0.3 is 20.9 Å². The fourth-order valence-electron chi connectivity index (χ4n) is 1.34. The molecule has 112 valence electrons. The summed E-state index contributed by atoms with van der Waals surface area (Å²) >= 11 is 1.69. The van der Waals surface area contributed by atoms with Crippen molar-refractivity contribution >= 4 is 23.6 Å². The third kappa shape index (κ3) is 7.39. The second-order valence-electron chi connectivity index (χ2n) is 4.08. The number of ether oxygens (including phenoxy) is 1. The minimum Gasteiger partial charge on any atom is -0.464 e. The lowest BCUT2D eigenvalue weighted by molar-refractivity contribution is -0.148. The molecule has 0 aromatic rings.